The van der Waals surface area contributed by atoms with E-state index in [0.717, 1.165) is 5.69 Å². The van der Waals surface area contributed by atoms with Crippen LogP contribution >= 0.6 is 0 Å². The van der Waals surface area contributed by atoms with Crippen LogP contribution in [0.4, 0.5) is 5.69 Å². The third-order valence-corrected chi connectivity index (χ3v) is 2.14. The zero-order chi connectivity index (χ0) is 11.3. The van der Waals surface area contributed by atoms with Crippen molar-refractivity contribution in [2.45, 2.75) is 13.0 Å². The Hall–Kier alpha value is -1.39. The summed E-state index contributed by atoms with van der Waals surface area (Å²) in [7, 11) is 0. The number of benzene rings is 1. The zero-order valence-electron chi connectivity index (χ0n) is 8.86. The van der Waals surface area contributed by atoms with Crippen molar-refractivity contribution in [1.29, 1.82) is 0 Å². The Labute approximate surface area is 89.6 Å². The van der Waals surface area contributed by atoms with Crippen LogP contribution in [-0.4, -0.2) is 24.9 Å². The van der Waals surface area contributed by atoms with E-state index in [9.17, 15) is 4.79 Å². The topological polar surface area (TPSA) is 81.1 Å². The molecule has 0 radical (unpaired) electrons. The molecule has 0 aliphatic rings. The lowest BCUT2D eigenvalue weighted by Crippen LogP contribution is -2.36. The van der Waals surface area contributed by atoms with Crippen molar-refractivity contribution >= 4 is 11.5 Å². The van der Waals surface area contributed by atoms with Gasteiger partial charge >= 0.3 is 0 Å². The Kier molecular flexibility index (Phi) is 4.27. The first-order valence-electron chi connectivity index (χ1n) is 4.94. The molecular formula is C11H17N3O. The summed E-state index contributed by atoms with van der Waals surface area (Å²) in [5.41, 5.74) is 12.7. The van der Waals surface area contributed by atoms with Crippen molar-refractivity contribution in [3.8, 4) is 0 Å². The predicted octanol–water partition coefficient (Wildman–Crippen LogP) is 0.587. The van der Waals surface area contributed by atoms with Crippen molar-refractivity contribution < 1.29 is 4.79 Å². The van der Waals surface area contributed by atoms with Gasteiger partial charge in [0.15, 0.2) is 5.78 Å². The molecule has 5 N–H and O–H groups in total. The molecule has 0 fully saturated rings. The second-order valence-electron chi connectivity index (χ2n) is 3.51. The quantitative estimate of drug-likeness (QED) is 0.617. The Balaban J connectivity index is 2.62. The second-order valence-corrected chi connectivity index (χ2v) is 3.51. The van der Waals surface area contributed by atoms with Gasteiger partial charge in [0, 0.05) is 30.4 Å². The number of rotatable bonds is 5. The summed E-state index contributed by atoms with van der Waals surface area (Å²) in [5, 5.41) is 3.13. The van der Waals surface area contributed by atoms with Gasteiger partial charge in [-0.25, -0.2) is 0 Å². The van der Waals surface area contributed by atoms with E-state index >= 15 is 0 Å². The maximum Gasteiger partial charge on any atom is 0.159 e. The summed E-state index contributed by atoms with van der Waals surface area (Å²) >= 11 is 0. The van der Waals surface area contributed by atoms with Gasteiger partial charge in [0.05, 0.1) is 0 Å². The van der Waals surface area contributed by atoms with Crippen LogP contribution in [0.5, 0.6) is 0 Å². The van der Waals surface area contributed by atoms with Crippen LogP contribution in [0.25, 0.3) is 0 Å². The number of carbonyl (C=O) groups excluding carboxylic acids is 1. The summed E-state index contributed by atoms with van der Waals surface area (Å²) in [4.78, 5) is 11.1. The van der Waals surface area contributed by atoms with Gasteiger partial charge < -0.3 is 16.8 Å². The Morgan fingerprint density at radius 3 is 2.87 bits per heavy atom. The molecule has 0 aliphatic heterocycles. The molecular weight excluding hydrogens is 190 g/mol. The normalized spacial score (nSPS) is 12.2. The number of nitrogens with one attached hydrogen (secondary N) is 1. The fraction of sp³-hybridized carbons (Fsp3) is 0.364. The lowest BCUT2D eigenvalue weighted by atomic mass is 10.1. The maximum absolute atomic E-state index is 11.1. The number of hydrogen-bond donors (Lipinski definition) is 3. The van der Waals surface area contributed by atoms with E-state index < -0.39 is 0 Å². The molecule has 1 aromatic rings. The Morgan fingerprint density at radius 1 is 1.53 bits per heavy atom. The molecule has 0 saturated carbocycles. The lowest BCUT2D eigenvalue weighted by molar-refractivity contribution is 0.101. The van der Waals surface area contributed by atoms with Crippen LogP contribution in [0.3, 0.4) is 0 Å². The number of hydrogen-bond acceptors (Lipinski definition) is 4. The smallest absolute Gasteiger partial charge is 0.159 e. The van der Waals surface area contributed by atoms with E-state index in [1.165, 1.54) is 0 Å². The van der Waals surface area contributed by atoms with Crippen molar-refractivity contribution in [3.05, 3.63) is 29.8 Å². The molecule has 4 nitrogen and oxygen atoms in total. The average molecular weight is 207 g/mol. The monoisotopic (exact) mass is 207 g/mol. The summed E-state index contributed by atoms with van der Waals surface area (Å²) in [5.74, 6) is 0.0572. The largest absolute Gasteiger partial charge is 0.383 e. The third-order valence-electron chi connectivity index (χ3n) is 2.14. The van der Waals surface area contributed by atoms with Crippen LogP contribution < -0.4 is 16.8 Å². The van der Waals surface area contributed by atoms with Crippen molar-refractivity contribution in [1.82, 2.24) is 0 Å². The number of anilines is 1. The minimum atomic E-state index is -0.0639. The summed E-state index contributed by atoms with van der Waals surface area (Å²) in [6.07, 6.45) is 0. The molecule has 0 amide bonds. The van der Waals surface area contributed by atoms with Crippen LogP contribution in [0.2, 0.25) is 0 Å². The van der Waals surface area contributed by atoms with Crippen LogP contribution in [0, 0.1) is 0 Å². The first-order chi connectivity index (χ1) is 7.13. The number of ketones is 1. The Bertz CT molecular complexity index is 338. The minimum Gasteiger partial charge on any atom is -0.383 e. The highest BCUT2D eigenvalue weighted by Gasteiger charge is 2.02. The minimum absolute atomic E-state index is 0.0572. The molecule has 4 heteroatoms. The summed E-state index contributed by atoms with van der Waals surface area (Å²) < 4.78 is 0. The molecule has 0 bridgehead atoms. The molecule has 0 spiro atoms. The molecule has 1 unspecified atom stereocenters. The fourth-order valence-corrected chi connectivity index (χ4v) is 1.18. The van der Waals surface area contributed by atoms with Crippen LogP contribution in [0.1, 0.15) is 17.3 Å². The predicted molar refractivity (Wildman–Crippen MR) is 62.0 cm³/mol. The molecule has 1 rings (SSSR count). The van der Waals surface area contributed by atoms with E-state index in [4.69, 9.17) is 11.5 Å². The van der Waals surface area contributed by atoms with Crippen molar-refractivity contribution in [2.24, 2.45) is 11.5 Å². The van der Waals surface area contributed by atoms with E-state index in [-0.39, 0.29) is 11.8 Å². The number of carbonyl (C=O) groups is 1. The van der Waals surface area contributed by atoms with Gasteiger partial charge in [-0.2, -0.15) is 0 Å². The van der Waals surface area contributed by atoms with E-state index in [2.05, 4.69) is 5.32 Å². The zero-order valence-corrected chi connectivity index (χ0v) is 8.86. The highest BCUT2D eigenvalue weighted by molar-refractivity contribution is 5.94. The lowest BCUT2D eigenvalue weighted by Gasteiger charge is -2.11. The van der Waals surface area contributed by atoms with Gasteiger partial charge in [-0.05, 0) is 19.1 Å². The van der Waals surface area contributed by atoms with Crippen molar-refractivity contribution in [2.75, 3.05) is 18.4 Å². The highest BCUT2D eigenvalue weighted by Crippen LogP contribution is 2.10. The molecule has 1 atom stereocenters. The molecule has 0 heterocycles. The Morgan fingerprint density at radius 2 is 2.27 bits per heavy atom. The number of nitrogens with two attached hydrogens (primary N) is 2. The second kappa shape index (κ2) is 5.48. The molecule has 15 heavy (non-hydrogen) atoms. The van der Waals surface area contributed by atoms with Gasteiger partial charge in [-0.1, -0.05) is 12.1 Å². The van der Waals surface area contributed by atoms with Gasteiger partial charge in [0.25, 0.3) is 0 Å². The molecule has 0 aliphatic carbocycles. The maximum atomic E-state index is 11.1. The van der Waals surface area contributed by atoms with Gasteiger partial charge in [-0.3, -0.25) is 4.79 Å². The van der Waals surface area contributed by atoms with Crippen molar-refractivity contribution in [3.63, 3.8) is 0 Å². The van der Waals surface area contributed by atoms with E-state index in [0.29, 0.717) is 18.7 Å². The fourth-order valence-electron chi connectivity index (χ4n) is 1.18. The van der Waals surface area contributed by atoms with Crippen LogP contribution in [-0.2, 0) is 0 Å². The highest BCUT2D eigenvalue weighted by atomic mass is 16.1. The molecule has 0 aromatic heterocycles. The first-order valence-corrected chi connectivity index (χ1v) is 4.94. The summed E-state index contributed by atoms with van der Waals surface area (Å²) in [6.45, 7) is 2.60. The first kappa shape index (κ1) is 11.7. The molecule has 1 aromatic carbocycles. The van der Waals surface area contributed by atoms with E-state index in [1.54, 1.807) is 13.0 Å². The van der Waals surface area contributed by atoms with Gasteiger partial charge in [0.2, 0.25) is 0 Å². The number of Topliss-reactive ketones (excluding diaryl/α,β-unsaturated/α-hetero) is 1. The van der Waals surface area contributed by atoms with Crippen LogP contribution in [0.15, 0.2) is 24.3 Å². The van der Waals surface area contributed by atoms with E-state index in [1.807, 2.05) is 18.2 Å². The summed E-state index contributed by atoms with van der Waals surface area (Å²) in [6, 6.07) is 7.27. The molecule has 82 valence electrons. The third kappa shape index (κ3) is 3.69. The standard InChI is InChI=1S/C11H17N3O/c1-8(15)9-3-2-4-11(5-9)14-7-10(13)6-12/h2-5,10,14H,6-7,12-13H2,1H3. The average Bonchev–Trinajstić information content (AvgIpc) is 2.26. The van der Waals surface area contributed by atoms with Gasteiger partial charge in [0.1, 0.15) is 0 Å². The van der Waals surface area contributed by atoms with Gasteiger partial charge in [-0.15, -0.1) is 0 Å². The SMILES string of the molecule is CC(=O)c1cccc(NCC(N)CN)c1. The molecule has 0 saturated heterocycles.